The highest BCUT2D eigenvalue weighted by molar-refractivity contribution is 7.88. The molecule has 0 unspecified atom stereocenters. The summed E-state index contributed by atoms with van der Waals surface area (Å²) >= 11 is 0. The first-order valence-corrected chi connectivity index (χ1v) is 4.16. The van der Waals surface area contributed by atoms with Gasteiger partial charge in [-0.15, -0.1) is 0 Å². The quantitative estimate of drug-likeness (QED) is 0.602. The van der Waals surface area contributed by atoms with Crippen LogP contribution in [0.3, 0.4) is 0 Å². The van der Waals surface area contributed by atoms with Gasteiger partial charge in [0.1, 0.15) is 0 Å². The van der Waals surface area contributed by atoms with Gasteiger partial charge < -0.3 is 0 Å². The van der Waals surface area contributed by atoms with Crippen molar-refractivity contribution in [2.45, 2.75) is 19.8 Å². The molecule has 0 spiro atoms. The first kappa shape index (κ1) is 8.65. The normalized spacial score (nSPS) is 12.7. The van der Waals surface area contributed by atoms with Crippen molar-refractivity contribution < 1.29 is 13.0 Å². The van der Waals surface area contributed by atoms with Gasteiger partial charge in [-0.25, -0.2) is 0 Å². The standard InChI is InChI=1S/C5H9O3S/c1-2-3-4-5-9(6,7)8/h4-5H,2-3H2,1H3. The van der Waals surface area contributed by atoms with Gasteiger partial charge >= 0.3 is 10.1 Å². The lowest BCUT2D eigenvalue weighted by molar-refractivity contribution is 0.424. The molecule has 0 atom stereocenters. The molecule has 0 amide bonds. The molecule has 0 aromatic rings. The molecule has 4 heteroatoms. The van der Waals surface area contributed by atoms with Crippen LogP contribution in [0.4, 0.5) is 0 Å². The van der Waals surface area contributed by atoms with E-state index in [9.17, 15) is 13.0 Å². The Labute approximate surface area is 55.1 Å². The largest absolute Gasteiger partial charge is 0.317 e. The van der Waals surface area contributed by atoms with E-state index in [-0.39, 0.29) is 0 Å². The molecule has 0 rings (SSSR count). The summed E-state index contributed by atoms with van der Waals surface area (Å²) in [4.78, 5) is 0. The van der Waals surface area contributed by atoms with Crippen LogP contribution in [0.1, 0.15) is 19.8 Å². The molecule has 1 radical (unpaired) electrons. The Morgan fingerprint density at radius 1 is 1.44 bits per heavy atom. The number of hydrogen-bond acceptors (Lipinski definition) is 2. The summed E-state index contributed by atoms with van der Waals surface area (Å²) < 4.78 is 29.6. The molecule has 9 heavy (non-hydrogen) atoms. The van der Waals surface area contributed by atoms with Crippen LogP contribution >= 0.6 is 0 Å². The monoisotopic (exact) mass is 149 g/mol. The lowest BCUT2D eigenvalue weighted by atomic mass is 10.3. The summed E-state index contributed by atoms with van der Waals surface area (Å²) in [5, 5.41) is 0.691. The molecule has 0 saturated carbocycles. The van der Waals surface area contributed by atoms with Gasteiger partial charge in [-0.3, -0.25) is 0 Å². The Kier molecular flexibility index (Phi) is 3.49. The fraction of sp³-hybridized carbons (Fsp3) is 0.600. The Hall–Kier alpha value is -0.350. The minimum Gasteiger partial charge on any atom is -0.192 e. The van der Waals surface area contributed by atoms with E-state index in [1.807, 2.05) is 6.92 Å². The molecule has 0 N–H and O–H groups in total. The second-order valence-corrected chi connectivity index (χ2v) is 2.91. The fourth-order valence-corrected chi connectivity index (χ4v) is 0.724. The zero-order valence-corrected chi connectivity index (χ0v) is 6.02. The van der Waals surface area contributed by atoms with Crippen molar-refractivity contribution in [2.75, 3.05) is 0 Å². The molecule has 0 aromatic carbocycles. The maximum Gasteiger partial charge on any atom is 0.317 e. The predicted octanol–water partition coefficient (Wildman–Crippen LogP) is 1.06. The Morgan fingerprint density at radius 3 is 2.33 bits per heavy atom. The molecule has 0 aliphatic heterocycles. The van der Waals surface area contributed by atoms with Crippen molar-refractivity contribution in [2.24, 2.45) is 0 Å². The summed E-state index contributed by atoms with van der Waals surface area (Å²) in [6.45, 7) is 1.90. The summed E-state index contributed by atoms with van der Waals surface area (Å²) in [6.07, 6.45) is 2.86. The van der Waals surface area contributed by atoms with Crippen LogP contribution in [-0.2, 0) is 14.7 Å². The molecule has 0 aromatic heterocycles. The van der Waals surface area contributed by atoms with Crippen LogP contribution in [0.2, 0.25) is 0 Å². The van der Waals surface area contributed by atoms with Gasteiger partial charge in [-0.1, -0.05) is 24.0 Å². The molecule has 0 aliphatic rings. The molecule has 0 aliphatic carbocycles. The van der Waals surface area contributed by atoms with Crippen LogP contribution in [0.25, 0.3) is 0 Å². The highest BCUT2D eigenvalue weighted by atomic mass is 32.2. The third-order valence-corrected chi connectivity index (χ3v) is 1.24. The van der Waals surface area contributed by atoms with Crippen LogP contribution in [0, 0.1) is 0 Å². The van der Waals surface area contributed by atoms with Crippen LogP contribution < -0.4 is 0 Å². The van der Waals surface area contributed by atoms with E-state index in [0.717, 1.165) is 6.42 Å². The first-order chi connectivity index (χ1) is 4.06. The Bertz CT molecular complexity index is 178. The summed E-state index contributed by atoms with van der Waals surface area (Å²) in [6, 6.07) is 0. The average Bonchev–Trinajstić information content (AvgIpc) is 1.63. The number of hydrogen-bond donors (Lipinski definition) is 0. The van der Waals surface area contributed by atoms with Gasteiger partial charge in [-0.2, -0.15) is 8.42 Å². The van der Waals surface area contributed by atoms with Gasteiger partial charge in [0.25, 0.3) is 0 Å². The van der Waals surface area contributed by atoms with Gasteiger partial charge in [0, 0.05) is 0 Å². The van der Waals surface area contributed by atoms with Crippen molar-refractivity contribution in [1.29, 1.82) is 0 Å². The van der Waals surface area contributed by atoms with E-state index in [4.69, 9.17) is 0 Å². The lowest BCUT2D eigenvalue weighted by Gasteiger charge is -1.80. The van der Waals surface area contributed by atoms with Gasteiger partial charge in [0.2, 0.25) is 0 Å². The maximum atomic E-state index is 9.86. The zero-order valence-electron chi connectivity index (χ0n) is 5.20. The van der Waals surface area contributed by atoms with Crippen molar-refractivity contribution in [3.05, 3.63) is 11.5 Å². The second kappa shape index (κ2) is 3.63. The second-order valence-electron chi connectivity index (χ2n) is 1.65. The number of rotatable bonds is 3. The molecule has 0 fully saturated rings. The van der Waals surface area contributed by atoms with Crippen molar-refractivity contribution in [3.63, 3.8) is 0 Å². The molecular formula is C5H9O3S. The lowest BCUT2D eigenvalue weighted by Crippen LogP contribution is -1.85. The van der Waals surface area contributed by atoms with Crippen molar-refractivity contribution in [3.8, 4) is 0 Å². The maximum absolute atomic E-state index is 9.86. The summed E-state index contributed by atoms with van der Waals surface area (Å²) in [7, 11) is -4.13. The fourth-order valence-electron chi connectivity index (χ4n) is 0.353. The van der Waals surface area contributed by atoms with E-state index < -0.39 is 10.1 Å². The predicted molar refractivity (Wildman–Crippen MR) is 33.7 cm³/mol. The topological polar surface area (TPSA) is 54.0 Å². The van der Waals surface area contributed by atoms with Crippen LogP contribution in [0.5, 0.6) is 0 Å². The summed E-state index contributed by atoms with van der Waals surface area (Å²) in [5.41, 5.74) is 0. The molecule has 0 saturated heterocycles. The van der Waals surface area contributed by atoms with E-state index in [1.165, 1.54) is 6.08 Å². The third-order valence-electron chi connectivity index (χ3n) is 0.718. The molecule has 0 heterocycles. The van der Waals surface area contributed by atoms with Gasteiger partial charge in [0.15, 0.2) is 0 Å². The molecule has 3 nitrogen and oxygen atoms in total. The van der Waals surface area contributed by atoms with Crippen LogP contribution in [0.15, 0.2) is 11.5 Å². The Balaban J connectivity index is 3.73. The van der Waals surface area contributed by atoms with Crippen molar-refractivity contribution >= 4 is 10.1 Å². The highest BCUT2D eigenvalue weighted by Crippen LogP contribution is 1.92. The number of unbranched alkanes of at least 4 members (excludes halogenated alkanes) is 1. The van der Waals surface area contributed by atoms with Crippen LogP contribution in [-0.4, -0.2) is 8.42 Å². The molecule has 0 bridgehead atoms. The van der Waals surface area contributed by atoms with E-state index in [1.54, 1.807) is 0 Å². The molecule has 53 valence electrons. The minimum atomic E-state index is -4.13. The van der Waals surface area contributed by atoms with Crippen molar-refractivity contribution in [1.82, 2.24) is 0 Å². The van der Waals surface area contributed by atoms with E-state index in [2.05, 4.69) is 0 Å². The third kappa shape index (κ3) is 7.65. The number of allylic oxidation sites excluding steroid dienone is 1. The summed E-state index contributed by atoms with van der Waals surface area (Å²) in [5.74, 6) is 0. The molecular weight excluding hydrogens is 140 g/mol. The van der Waals surface area contributed by atoms with E-state index in [0.29, 0.717) is 11.8 Å². The zero-order chi connectivity index (χ0) is 7.33. The van der Waals surface area contributed by atoms with E-state index >= 15 is 0 Å². The minimum absolute atomic E-state index is 0.640. The van der Waals surface area contributed by atoms with Gasteiger partial charge in [0.05, 0.1) is 5.41 Å². The smallest absolute Gasteiger partial charge is 0.192 e. The SMILES string of the molecule is CCCC=CS([O])(=O)=O. The first-order valence-electron chi connectivity index (χ1n) is 2.68. The Morgan fingerprint density at radius 2 is 2.00 bits per heavy atom. The van der Waals surface area contributed by atoms with Gasteiger partial charge in [-0.05, 0) is 6.42 Å². The highest BCUT2D eigenvalue weighted by Gasteiger charge is 1.95. The average molecular weight is 149 g/mol.